The van der Waals surface area contributed by atoms with E-state index in [4.69, 9.17) is 39.3 Å². The average Bonchev–Trinajstić information content (AvgIpc) is 3.55. The SMILES string of the molecule is CC.CCC.ClC(Cl)(Cl)c1nc(-c2cc3c(Nc4ccc(-c5ccccc5)cc4)cncc3s2)no1. The van der Waals surface area contributed by atoms with Gasteiger partial charge in [0.25, 0.3) is 9.68 Å². The zero-order chi connectivity index (χ0) is 26.1. The number of nitrogens with one attached hydrogen (secondary N) is 1. The number of hydrogen-bond donors (Lipinski definition) is 1. The van der Waals surface area contributed by atoms with Crippen molar-refractivity contribution in [3.05, 3.63) is 78.9 Å². The molecule has 0 spiro atoms. The molecule has 2 aromatic carbocycles. The molecular formula is C27H27Cl3N4OS. The van der Waals surface area contributed by atoms with Gasteiger partial charge in [0.15, 0.2) is 0 Å². The van der Waals surface area contributed by atoms with Gasteiger partial charge in [-0.3, -0.25) is 4.98 Å². The van der Waals surface area contributed by atoms with Crippen molar-refractivity contribution < 1.29 is 4.52 Å². The molecule has 5 rings (SSSR count). The van der Waals surface area contributed by atoms with Gasteiger partial charge in [0.2, 0.25) is 5.82 Å². The highest BCUT2D eigenvalue weighted by Crippen LogP contribution is 2.40. The second kappa shape index (κ2) is 13.1. The first-order valence-corrected chi connectivity index (χ1v) is 13.6. The van der Waals surface area contributed by atoms with Crippen molar-refractivity contribution in [2.75, 3.05) is 5.32 Å². The molecule has 3 heterocycles. The fourth-order valence-corrected chi connectivity index (χ4v) is 4.35. The Balaban J connectivity index is 0.000000674. The maximum atomic E-state index is 5.82. The summed E-state index contributed by atoms with van der Waals surface area (Å²) in [7, 11) is 0. The summed E-state index contributed by atoms with van der Waals surface area (Å²) in [4.78, 5) is 9.33. The van der Waals surface area contributed by atoms with Crippen LogP contribution in [0.2, 0.25) is 0 Å². The standard InChI is InChI=1S/C22H13Cl3N4OS.C3H8.C2H6/c23-22(24,25)21-28-20(29-30-21)18-10-16-17(11-26-12-19(16)31-18)27-15-8-6-14(7-9-15)13-4-2-1-3-5-13;1-3-2;1-2/h1-12,27H;3H2,1-2H3;1-2H3. The van der Waals surface area contributed by atoms with Crippen LogP contribution in [0.3, 0.4) is 0 Å². The molecular weight excluding hydrogens is 535 g/mol. The highest BCUT2D eigenvalue weighted by molar-refractivity contribution is 7.22. The van der Waals surface area contributed by atoms with Crippen LogP contribution in [-0.4, -0.2) is 15.1 Å². The summed E-state index contributed by atoms with van der Waals surface area (Å²) in [6.07, 6.45) is 4.83. The highest BCUT2D eigenvalue weighted by Gasteiger charge is 2.31. The molecule has 188 valence electrons. The zero-order valence-corrected chi connectivity index (χ0v) is 23.5. The van der Waals surface area contributed by atoms with Gasteiger partial charge in [-0.2, -0.15) is 4.98 Å². The van der Waals surface area contributed by atoms with Gasteiger partial charge in [0.1, 0.15) is 0 Å². The van der Waals surface area contributed by atoms with E-state index >= 15 is 0 Å². The molecule has 0 aliphatic rings. The lowest BCUT2D eigenvalue weighted by molar-refractivity contribution is 0.383. The van der Waals surface area contributed by atoms with E-state index in [0.717, 1.165) is 31.9 Å². The van der Waals surface area contributed by atoms with Crippen LogP contribution in [0.15, 0.2) is 77.6 Å². The number of rotatable bonds is 4. The lowest BCUT2D eigenvalue weighted by atomic mass is 10.1. The summed E-state index contributed by atoms with van der Waals surface area (Å²) in [5.41, 5.74) is 4.16. The summed E-state index contributed by atoms with van der Waals surface area (Å²) in [5, 5.41) is 8.36. The smallest absolute Gasteiger partial charge is 0.279 e. The minimum Gasteiger partial charge on any atom is -0.354 e. The van der Waals surface area contributed by atoms with Crippen molar-refractivity contribution >= 4 is 67.6 Å². The molecule has 0 saturated heterocycles. The summed E-state index contributed by atoms with van der Waals surface area (Å²) in [6, 6.07) is 20.5. The minimum atomic E-state index is -1.76. The Kier molecular flexibility index (Phi) is 10.1. The third kappa shape index (κ3) is 6.98. The average molecular weight is 562 g/mol. The number of pyridine rings is 1. The number of fused-ring (bicyclic) bond motifs is 1. The Labute approximate surface area is 230 Å². The Morgan fingerprint density at radius 1 is 0.917 bits per heavy atom. The van der Waals surface area contributed by atoms with Gasteiger partial charge >= 0.3 is 0 Å². The number of thiophene rings is 1. The van der Waals surface area contributed by atoms with Crippen LogP contribution in [-0.2, 0) is 3.79 Å². The van der Waals surface area contributed by atoms with E-state index < -0.39 is 3.79 Å². The van der Waals surface area contributed by atoms with Gasteiger partial charge in [0.05, 0.1) is 21.5 Å². The molecule has 0 aliphatic carbocycles. The van der Waals surface area contributed by atoms with Gasteiger partial charge < -0.3 is 9.84 Å². The van der Waals surface area contributed by atoms with Crippen LogP contribution >= 0.6 is 46.1 Å². The summed E-state index contributed by atoms with van der Waals surface area (Å²) in [5.74, 6) is 0.292. The van der Waals surface area contributed by atoms with Gasteiger partial charge in [-0.05, 0) is 29.3 Å². The predicted octanol–water partition coefficient (Wildman–Crippen LogP) is 10.0. The topological polar surface area (TPSA) is 63.8 Å². The lowest BCUT2D eigenvalue weighted by Gasteiger charge is -2.08. The van der Waals surface area contributed by atoms with Crippen molar-refractivity contribution in [2.45, 2.75) is 37.9 Å². The Morgan fingerprint density at radius 3 is 2.17 bits per heavy atom. The number of halogens is 3. The maximum absolute atomic E-state index is 5.82. The van der Waals surface area contributed by atoms with E-state index in [1.165, 1.54) is 23.3 Å². The molecule has 0 fully saturated rings. The zero-order valence-electron chi connectivity index (χ0n) is 20.4. The summed E-state index contributed by atoms with van der Waals surface area (Å²) < 4.78 is 4.28. The number of hydrogen-bond acceptors (Lipinski definition) is 6. The fourth-order valence-electron chi connectivity index (χ4n) is 3.14. The summed E-state index contributed by atoms with van der Waals surface area (Å²) in [6.45, 7) is 8.25. The van der Waals surface area contributed by atoms with E-state index in [2.05, 4.69) is 58.6 Å². The maximum Gasteiger partial charge on any atom is 0.279 e. The Hall–Kier alpha value is -2.64. The van der Waals surface area contributed by atoms with Gasteiger partial charge in [0, 0.05) is 17.3 Å². The third-order valence-electron chi connectivity index (χ3n) is 4.61. The van der Waals surface area contributed by atoms with E-state index in [1.54, 1.807) is 12.4 Å². The number of alkyl halides is 3. The highest BCUT2D eigenvalue weighted by atomic mass is 35.6. The van der Waals surface area contributed by atoms with Crippen LogP contribution in [0.1, 0.15) is 40.0 Å². The monoisotopic (exact) mass is 560 g/mol. The van der Waals surface area contributed by atoms with Crippen molar-refractivity contribution in [1.82, 2.24) is 15.1 Å². The van der Waals surface area contributed by atoms with E-state index in [0.29, 0.717) is 5.82 Å². The number of anilines is 2. The van der Waals surface area contributed by atoms with Crippen LogP contribution < -0.4 is 5.32 Å². The predicted molar refractivity (Wildman–Crippen MR) is 155 cm³/mol. The van der Waals surface area contributed by atoms with Gasteiger partial charge in [-0.25, -0.2) is 0 Å². The molecule has 1 N–H and O–H groups in total. The molecule has 0 amide bonds. The lowest BCUT2D eigenvalue weighted by Crippen LogP contribution is -1.99. The molecule has 0 bridgehead atoms. The quantitative estimate of drug-likeness (QED) is 0.221. The van der Waals surface area contributed by atoms with Gasteiger partial charge in [-0.15, -0.1) is 11.3 Å². The van der Waals surface area contributed by atoms with Gasteiger partial charge in [-0.1, -0.05) is 117 Å². The molecule has 0 aliphatic heterocycles. The Morgan fingerprint density at radius 2 is 1.56 bits per heavy atom. The molecule has 5 aromatic rings. The minimum absolute atomic E-state index is 0.0695. The third-order valence-corrected chi connectivity index (χ3v) is 6.16. The second-order valence-corrected chi connectivity index (χ2v) is 10.8. The number of benzene rings is 2. The number of aromatic nitrogens is 3. The molecule has 5 nitrogen and oxygen atoms in total. The van der Waals surface area contributed by atoms with Crippen LogP contribution in [0.5, 0.6) is 0 Å². The first kappa shape index (κ1) is 27.9. The second-order valence-electron chi connectivity index (χ2n) is 7.41. The first-order valence-electron chi connectivity index (χ1n) is 11.6. The van der Waals surface area contributed by atoms with Crippen molar-refractivity contribution in [1.29, 1.82) is 0 Å². The first-order chi connectivity index (χ1) is 17.4. The summed E-state index contributed by atoms with van der Waals surface area (Å²) >= 11 is 18.9. The Bertz CT molecular complexity index is 1360. The molecule has 9 heteroatoms. The molecule has 0 radical (unpaired) electrons. The molecule has 0 unspecified atom stereocenters. The van der Waals surface area contributed by atoms with Crippen molar-refractivity contribution in [3.8, 4) is 21.8 Å². The largest absolute Gasteiger partial charge is 0.354 e. The van der Waals surface area contributed by atoms with Crippen LogP contribution in [0, 0.1) is 0 Å². The molecule has 0 atom stereocenters. The normalized spacial score (nSPS) is 10.8. The van der Waals surface area contributed by atoms with Crippen molar-refractivity contribution in [3.63, 3.8) is 0 Å². The molecule has 3 aromatic heterocycles. The van der Waals surface area contributed by atoms with Crippen LogP contribution in [0.25, 0.3) is 31.9 Å². The molecule has 0 saturated carbocycles. The molecule has 36 heavy (non-hydrogen) atoms. The van der Waals surface area contributed by atoms with Crippen molar-refractivity contribution in [2.24, 2.45) is 0 Å². The number of nitrogens with zero attached hydrogens (tertiary/aromatic N) is 3. The van der Waals surface area contributed by atoms with E-state index in [-0.39, 0.29) is 5.89 Å². The van der Waals surface area contributed by atoms with E-state index in [9.17, 15) is 0 Å². The van der Waals surface area contributed by atoms with E-state index in [1.807, 2.05) is 50.2 Å². The fraction of sp³-hybridized carbons (Fsp3) is 0.222. The van der Waals surface area contributed by atoms with Crippen LogP contribution in [0.4, 0.5) is 11.4 Å².